The molecule has 0 spiro atoms. The van der Waals surface area contributed by atoms with E-state index in [1.165, 1.54) is 6.07 Å². The van der Waals surface area contributed by atoms with Crippen molar-refractivity contribution in [2.24, 2.45) is 0 Å². The number of piperidine rings is 1. The summed E-state index contributed by atoms with van der Waals surface area (Å²) in [5, 5.41) is 3.27. The topological polar surface area (TPSA) is 32.3 Å². The first-order chi connectivity index (χ1) is 9.13. The molecule has 5 heteroatoms. The maximum absolute atomic E-state index is 14.2. The van der Waals surface area contributed by atoms with E-state index in [-0.39, 0.29) is 30.0 Å². The predicted molar refractivity (Wildman–Crippen MR) is 81.1 cm³/mol. The van der Waals surface area contributed by atoms with Crippen molar-refractivity contribution in [3.05, 3.63) is 35.1 Å². The van der Waals surface area contributed by atoms with Crippen LogP contribution in [0.3, 0.4) is 0 Å². The number of nitrogens with one attached hydrogen (secondary N) is 1. The van der Waals surface area contributed by atoms with Gasteiger partial charge in [0, 0.05) is 19.2 Å². The maximum atomic E-state index is 14.2. The molecule has 20 heavy (non-hydrogen) atoms. The zero-order chi connectivity index (χ0) is 13.8. The van der Waals surface area contributed by atoms with Crippen LogP contribution in [0.4, 0.5) is 4.39 Å². The zero-order valence-corrected chi connectivity index (χ0v) is 12.8. The fourth-order valence-corrected chi connectivity index (χ4v) is 2.49. The first kappa shape index (κ1) is 16.9. The maximum Gasteiger partial charge on any atom is 0.253 e. The van der Waals surface area contributed by atoms with E-state index in [4.69, 9.17) is 0 Å². The van der Waals surface area contributed by atoms with Crippen molar-refractivity contribution >= 4 is 18.3 Å². The third kappa shape index (κ3) is 3.70. The van der Waals surface area contributed by atoms with Gasteiger partial charge in [0.2, 0.25) is 0 Å². The van der Waals surface area contributed by atoms with E-state index in [1.54, 1.807) is 24.1 Å². The lowest BCUT2D eigenvalue weighted by Gasteiger charge is -2.23. The normalized spacial score (nSPS) is 15.6. The Morgan fingerprint density at radius 2 is 2.05 bits per heavy atom. The van der Waals surface area contributed by atoms with Crippen molar-refractivity contribution in [3.8, 4) is 0 Å². The molecular weight excluding hydrogens is 279 g/mol. The van der Waals surface area contributed by atoms with Crippen LogP contribution in [-0.4, -0.2) is 37.5 Å². The molecule has 0 aliphatic carbocycles. The van der Waals surface area contributed by atoms with Gasteiger partial charge in [-0.25, -0.2) is 4.39 Å². The van der Waals surface area contributed by atoms with Crippen molar-refractivity contribution < 1.29 is 9.18 Å². The van der Waals surface area contributed by atoms with Crippen LogP contribution >= 0.6 is 12.4 Å². The molecule has 1 fully saturated rings. The Morgan fingerprint density at radius 3 is 2.60 bits per heavy atom. The highest BCUT2D eigenvalue weighted by Gasteiger charge is 2.20. The third-order valence-corrected chi connectivity index (χ3v) is 3.85. The molecule has 0 bridgehead atoms. The Morgan fingerprint density at radius 1 is 1.40 bits per heavy atom. The molecule has 1 aliphatic heterocycles. The second-order valence-corrected chi connectivity index (χ2v) is 5.08. The van der Waals surface area contributed by atoms with Crippen LogP contribution in [0.5, 0.6) is 0 Å². The molecule has 112 valence electrons. The van der Waals surface area contributed by atoms with Gasteiger partial charge in [-0.05, 0) is 56.5 Å². The van der Waals surface area contributed by atoms with Gasteiger partial charge >= 0.3 is 0 Å². The first-order valence-corrected chi connectivity index (χ1v) is 6.89. The molecule has 1 saturated heterocycles. The van der Waals surface area contributed by atoms with Crippen LogP contribution in [0.15, 0.2) is 18.2 Å². The number of benzene rings is 1. The molecule has 1 aliphatic rings. The summed E-state index contributed by atoms with van der Waals surface area (Å²) in [5.41, 5.74) is 1.18. The highest BCUT2D eigenvalue weighted by Crippen LogP contribution is 2.28. The lowest BCUT2D eigenvalue weighted by Crippen LogP contribution is -2.28. The van der Waals surface area contributed by atoms with E-state index in [1.807, 2.05) is 6.92 Å². The quantitative estimate of drug-likeness (QED) is 0.931. The highest BCUT2D eigenvalue weighted by molar-refractivity contribution is 5.94. The second-order valence-electron chi connectivity index (χ2n) is 5.08. The minimum atomic E-state index is -0.248. The van der Waals surface area contributed by atoms with Crippen LogP contribution in [0.1, 0.15) is 41.6 Å². The number of nitrogens with zero attached hydrogens (tertiary/aromatic N) is 1. The van der Waals surface area contributed by atoms with Crippen LogP contribution in [0.2, 0.25) is 0 Å². The molecular formula is C15H22ClFN2O. The van der Waals surface area contributed by atoms with Crippen molar-refractivity contribution in [1.29, 1.82) is 0 Å². The smallest absolute Gasteiger partial charge is 0.253 e. The van der Waals surface area contributed by atoms with Gasteiger partial charge in [0.1, 0.15) is 5.82 Å². The summed E-state index contributed by atoms with van der Waals surface area (Å²) in [6, 6.07) is 4.91. The molecule has 1 amide bonds. The standard InChI is InChI=1S/C15H21FN2O.ClH/c1-3-18(2)15(19)12-4-5-13(14(16)10-12)11-6-8-17-9-7-11;/h4-5,10-11,17H,3,6-9H2,1-2H3;1H. The average molecular weight is 301 g/mol. The molecule has 0 saturated carbocycles. The molecule has 1 aromatic rings. The number of amides is 1. The SMILES string of the molecule is CCN(C)C(=O)c1ccc(C2CCNCC2)c(F)c1.Cl. The number of hydrogen-bond donors (Lipinski definition) is 1. The molecule has 3 nitrogen and oxygen atoms in total. The van der Waals surface area contributed by atoms with Gasteiger partial charge in [-0.1, -0.05) is 6.07 Å². The Kier molecular flexibility index (Phi) is 6.43. The Hall–Kier alpha value is -1.13. The molecule has 0 radical (unpaired) electrons. The average Bonchev–Trinajstić information content (AvgIpc) is 2.46. The van der Waals surface area contributed by atoms with Crippen LogP contribution in [-0.2, 0) is 0 Å². The molecule has 1 N–H and O–H groups in total. The van der Waals surface area contributed by atoms with Gasteiger partial charge in [-0.2, -0.15) is 0 Å². The first-order valence-electron chi connectivity index (χ1n) is 6.89. The Balaban J connectivity index is 0.00000200. The third-order valence-electron chi connectivity index (χ3n) is 3.85. The van der Waals surface area contributed by atoms with Gasteiger partial charge in [-0.15, -0.1) is 12.4 Å². The van der Waals surface area contributed by atoms with Crippen LogP contribution in [0.25, 0.3) is 0 Å². The number of carbonyl (C=O) groups excluding carboxylic acids is 1. The van der Waals surface area contributed by atoms with Crippen LogP contribution in [0, 0.1) is 5.82 Å². The summed E-state index contributed by atoms with van der Waals surface area (Å²) in [6.07, 6.45) is 1.91. The summed E-state index contributed by atoms with van der Waals surface area (Å²) in [7, 11) is 1.72. The summed E-state index contributed by atoms with van der Waals surface area (Å²) >= 11 is 0. The summed E-state index contributed by atoms with van der Waals surface area (Å²) in [4.78, 5) is 13.5. The summed E-state index contributed by atoms with van der Waals surface area (Å²) in [6.45, 7) is 4.39. The van der Waals surface area contributed by atoms with Gasteiger partial charge in [-0.3, -0.25) is 4.79 Å². The summed E-state index contributed by atoms with van der Waals surface area (Å²) < 4.78 is 14.2. The van der Waals surface area contributed by atoms with Crippen molar-refractivity contribution in [3.63, 3.8) is 0 Å². The number of hydrogen-bond acceptors (Lipinski definition) is 2. The minimum Gasteiger partial charge on any atom is -0.342 e. The molecule has 1 aromatic carbocycles. The zero-order valence-electron chi connectivity index (χ0n) is 12.0. The van der Waals surface area contributed by atoms with Gasteiger partial charge in [0.25, 0.3) is 5.91 Å². The largest absolute Gasteiger partial charge is 0.342 e. The van der Waals surface area contributed by atoms with Gasteiger partial charge in [0.15, 0.2) is 0 Å². The van der Waals surface area contributed by atoms with Crippen LogP contribution < -0.4 is 5.32 Å². The molecule has 0 aromatic heterocycles. The van der Waals surface area contributed by atoms with E-state index in [9.17, 15) is 9.18 Å². The van der Waals surface area contributed by atoms with E-state index >= 15 is 0 Å². The molecule has 1 heterocycles. The van der Waals surface area contributed by atoms with Gasteiger partial charge < -0.3 is 10.2 Å². The van der Waals surface area contributed by atoms with E-state index < -0.39 is 0 Å². The molecule has 0 atom stereocenters. The highest BCUT2D eigenvalue weighted by atomic mass is 35.5. The second kappa shape index (κ2) is 7.60. The molecule has 0 unspecified atom stereocenters. The monoisotopic (exact) mass is 300 g/mol. The Labute approximate surface area is 125 Å². The molecule has 2 rings (SSSR count). The number of halogens is 2. The number of carbonyl (C=O) groups is 1. The summed E-state index contributed by atoms with van der Waals surface area (Å²) in [5.74, 6) is -0.102. The van der Waals surface area contributed by atoms with Crippen molar-refractivity contribution in [2.75, 3.05) is 26.7 Å². The number of rotatable bonds is 3. The van der Waals surface area contributed by atoms with E-state index in [0.717, 1.165) is 31.5 Å². The lowest BCUT2D eigenvalue weighted by molar-refractivity contribution is 0.0802. The lowest BCUT2D eigenvalue weighted by atomic mass is 9.89. The van der Waals surface area contributed by atoms with E-state index in [2.05, 4.69) is 5.32 Å². The van der Waals surface area contributed by atoms with Gasteiger partial charge in [0.05, 0.1) is 0 Å². The fourth-order valence-electron chi connectivity index (χ4n) is 2.49. The Bertz CT molecular complexity index is 461. The van der Waals surface area contributed by atoms with E-state index in [0.29, 0.717) is 12.1 Å². The van der Waals surface area contributed by atoms with Crippen molar-refractivity contribution in [2.45, 2.75) is 25.7 Å². The minimum absolute atomic E-state index is 0. The fraction of sp³-hybridized carbons (Fsp3) is 0.533. The predicted octanol–water partition coefficient (Wildman–Crippen LogP) is 2.81. The van der Waals surface area contributed by atoms with Crippen molar-refractivity contribution in [1.82, 2.24) is 10.2 Å².